The van der Waals surface area contributed by atoms with Gasteiger partial charge in [-0.1, -0.05) is 69.1 Å². The average molecular weight is 637 g/mol. The van der Waals surface area contributed by atoms with Gasteiger partial charge < -0.3 is 14.4 Å². The fraction of sp³-hybridized carbons (Fsp3) is 0.459. The van der Waals surface area contributed by atoms with Crippen LogP contribution in [0.4, 0.5) is 0 Å². The molecule has 2 aliphatic carbocycles. The quantitative estimate of drug-likeness (QED) is 0.257. The maximum atomic E-state index is 14.1. The molecule has 0 N–H and O–H groups in total. The molecule has 5 rings (SSSR count). The predicted octanol–water partition coefficient (Wildman–Crippen LogP) is 9.41. The smallest absolute Gasteiger partial charge is 0.165 e. The van der Waals surface area contributed by atoms with Crippen LogP contribution in [0.5, 0.6) is 11.5 Å². The summed E-state index contributed by atoms with van der Waals surface area (Å²) in [6, 6.07) is 9.38. The van der Waals surface area contributed by atoms with E-state index in [-0.39, 0.29) is 29.0 Å². The van der Waals surface area contributed by atoms with Crippen LogP contribution < -0.4 is 9.47 Å². The molecule has 5 nitrogen and oxygen atoms in total. The highest BCUT2D eigenvalue weighted by molar-refractivity contribution is 6.35. The number of hydrogen-bond donors (Lipinski definition) is 0. The van der Waals surface area contributed by atoms with Crippen molar-refractivity contribution < 1.29 is 19.1 Å². The first-order chi connectivity index (χ1) is 20.8. The Hall–Kier alpha value is -3.02. The van der Waals surface area contributed by atoms with Gasteiger partial charge in [0.05, 0.1) is 6.61 Å². The van der Waals surface area contributed by atoms with E-state index in [4.69, 9.17) is 32.7 Å². The molecular formula is C37H43Cl2NO4. The number of Topliss-reactive ketones (excluding diaryl/α,β-unsaturated/α-hetero) is 2. The Kier molecular flexibility index (Phi) is 9.13. The van der Waals surface area contributed by atoms with Gasteiger partial charge in [0.2, 0.25) is 0 Å². The summed E-state index contributed by atoms with van der Waals surface area (Å²) < 4.78 is 12.6. The van der Waals surface area contributed by atoms with Gasteiger partial charge in [-0.25, -0.2) is 0 Å². The summed E-state index contributed by atoms with van der Waals surface area (Å²) in [6.45, 7) is 18.0. The van der Waals surface area contributed by atoms with Crippen LogP contribution in [0.2, 0.25) is 10.0 Å². The second-order valence-electron chi connectivity index (χ2n) is 13.7. The Bertz CT molecular complexity index is 1530. The van der Waals surface area contributed by atoms with Crippen molar-refractivity contribution in [3.8, 4) is 11.5 Å². The first-order valence-corrected chi connectivity index (χ1v) is 16.3. The normalized spacial score (nSPS) is 19.6. The Balaban J connectivity index is 1.70. The van der Waals surface area contributed by atoms with Crippen LogP contribution in [0.3, 0.4) is 0 Å². The molecule has 3 aliphatic rings. The van der Waals surface area contributed by atoms with Crippen molar-refractivity contribution in [3.63, 3.8) is 0 Å². The minimum absolute atomic E-state index is 0.116. The minimum atomic E-state index is -0.461. The van der Waals surface area contributed by atoms with Crippen molar-refractivity contribution in [2.75, 3.05) is 13.2 Å². The molecule has 0 amide bonds. The number of ether oxygens (including phenoxy) is 2. The zero-order valence-electron chi connectivity index (χ0n) is 26.7. The molecule has 7 heteroatoms. The lowest BCUT2D eigenvalue weighted by atomic mass is 9.63. The molecule has 0 unspecified atom stereocenters. The highest BCUT2D eigenvalue weighted by Gasteiger charge is 2.48. The molecule has 2 aromatic rings. The largest absolute Gasteiger partial charge is 0.490 e. The monoisotopic (exact) mass is 635 g/mol. The van der Waals surface area contributed by atoms with Crippen LogP contribution in [-0.4, -0.2) is 29.6 Å². The first-order valence-electron chi connectivity index (χ1n) is 15.6. The number of hydrogen-bond acceptors (Lipinski definition) is 5. The number of halogens is 2. The molecule has 2 aromatic carbocycles. The van der Waals surface area contributed by atoms with Gasteiger partial charge in [0.25, 0.3) is 0 Å². The van der Waals surface area contributed by atoms with Crippen molar-refractivity contribution in [2.24, 2.45) is 10.8 Å². The molecule has 1 aliphatic heterocycles. The van der Waals surface area contributed by atoms with E-state index in [1.165, 1.54) is 0 Å². The van der Waals surface area contributed by atoms with Crippen molar-refractivity contribution in [1.82, 2.24) is 4.90 Å². The zero-order chi connectivity index (χ0) is 32.0. The van der Waals surface area contributed by atoms with Gasteiger partial charge in [-0.05, 0) is 67.7 Å². The van der Waals surface area contributed by atoms with Crippen molar-refractivity contribution >= 4 is 34.8 Å². The van der Waals surface area contributed by atoms with Gasteiger partial charge in [0.15, 0.2) is 23.1 Å². The van der Waals surface area contributed by atoms with E-state index in [1.54, 1.807) is 12.1 Å². The Labute approximate surface area is 271 Å². The summed E-state index contributed by atoms with van der Waals surface area (Å²) >= 11 is 12.6. The van der Waals surface area contributed by atoms with Gasteiger partial charge in [0, 0.05) is 69.0 Å². The summed E-state index contributed by atoms with van der Waals surface area (Å²) in [4.78, 5) is 30.5. The van der Waals surface area contributed by atoms with Gasteiger partial charge in [-0.3, -0.25) is 9.59 Å². The molecule has 234 valence electrons. The second-order valence-corrected chi connectivity index (χ2v) is 14.6. The van der Waals surface area contributed by atoms with Crippen LogP contribution in [0.1, 0.15) is 89.8 Å². The number of nitrogens with zero attached hydrogens (tertiary/aromatic N) is 1. The van der Waals surface area contributed by atoms with Gasteiger partial charge >= 0.3 is 0 Å². The maximum Gasteiger partial charge on any atom is 0.165 e. The molecule has 0 fully saturated rings. The standard InChI is InChI=1S/C37H43Cl2NO4/c1-8-11-22-14-24(15-31(43-10-3)35(22)44-21-23-12-13-25(38)16-26(23)39)32-33-27(17-36(4,5)19-29(33)41)40(9-2)28-18-37(6,7)20-30(42)34(28)32/h8,12-16,32H,1,9-11,17-21H2,2-7H3. The Morgan fingerprint density at radius 3 is 2.02 bits per heavy atom. The SMILES string of the molecule is C=CCc1cc(C2C3=C(CC(C)(C)CC3=O)N(CC)C3=C2C(=O)CC(C)(C)C3)cc(OCC)c1OCc1ccc(Cl)cc1Cl. The van der Waals surface area contributed by atoms with E-state index in [0.717, 1.165) is 52.1 Å². The predicted molar refractivity (Wildman–Crippen MR) is 178 cm³/mol. The van der Waals surface area contributed by atoms with Gasteiger partial charge in [-0.15, -0.1) is 6.58 Å². The van der Waals surface area contributed by atoms with Crippen LogP contribution in [-0.2, 0) is 22.6 Å². The molecule has 0 saturated carbocycles. The number of allylic oxidation sites excluding steroid dienone is 5. The fourth-order valence-corrected chi connectivity index (χ4v) is 7.60. The van der Waals surface area contributed by atoms with Crippen LogP contribution in [0.15, 0.2) is 65.5 Å². The van der Waals surface area contributed by atoms with Gasteiger partial charge in [-0.2, -0.15) is 0 Å². The number of ketones is 2. The van der Waals surface area contributed by atoms with Crippen LogP contribution in [0, 0.1) is 10.8 Å². The maximum absolute atomic E-state index is 14.1. The molecule has 0 bridgehead atoms. The first kappa shape index (κ1) is 32.4. The topological polar surface area (TPSA) is 55.8 Å². The molecule has 0 atom stereocenters. The van der Waals surface area contributed by atoms with Crippen molar-refractivity contribution in [1.29, 1.82) is 0 Å². The van der Waals surface area contributed by atoms with Crippen molar-refractivity contribution in [2.45, 2.75) is 86.2 Å². The third kappa shape index (κ3) is 6.23. The van der Waals surface area contributed by atoms with E-state index >= 15 is 0 Å². The fourth-order valence-electron chi connectivity index (χ4n) is 7.14. The summed E-state index contributed by atoms with van der Waals surface area (Å²) in [7, 11) is 0. The summed E-state index contributed by atoms with van der Waals surface area (Å²) in [5.41, 5.74) is 5.86. The third-order valence-electron chi connectivity index (χ3n) is 8.88. The van der Waals surface area contributed by atoms with E-state index in [9.17, 15) is 9.59 Å². The molecule has 1 heterocycles. The molecular weight excluding hydrogens is 593 g/mol. The lowest BCUT2D eigenvalue weighted by molar-refractivity contribution is -0.119. The lowest BCUT2D eigenvalue weighted by Crippen LogP contribution is -2.44. The summed E-state index contributed by atoms with van der Waals surface area (Å²) in [6.07, 6.45) is 4.81. The summed E-state index contributed by atoms with van der Waals surface area (Å²) in [5, 5.41) is 1.08. The number of carbonyl (C=O) groups is 2. The third-order valence-corrected chi connectivity index (χ3v) is 9.46. The zero-order valence-corrected chi connectivity index (χ0v) is 28.3. The number of benzene rings is 2. The van der Waals surface area contributed by atoms with Crippen molar-refractivity contribution in [3.05, 3.63) is 92.3 Å². The molecule has 0 spiro atoms. The minimum Gasteiger partial charge on any atom is -0.490 e. The molecule has 0 radical (unpaired) electrons. The molecule has 0 aromatic heterocycles. The lowest BCUT2D eigenvalue weighted by Gasteiger charge is -2.49. The van der Waals surface area contributed by atoms with E-state index in [1.807, 2.05) is 25.1 Å². The Morgan fingerprint density at radius 2 is 1.50 bits per heavy atom. The molecule has 0 saturated heterocycles. The second kappa shape index (κ2) is 12.4. The Morgan fingerprint density at radius 1 is 0.886 bits per heavy atom. The highest BCUT2D eigenvalue weighted by Crippen LogP contribution is 2.55. The highest BCUT2D eigenvalue weighted by atomic mass is 35.5. The van der Waals surface area contributed by atoms with Crippen LogP contribution >= 0.6 is 23.2 Å². The van der Waals surface area contributed by atoms with Crippen LogP contribution in [0.25, 0.3) is 0 Å². The number of carbonyl (C=O) groups excluding carboxylic acids is 2. The molecule has 44 heavy (non-hydrogen) atoms. The van der Waals surface area contributed by atoms with E-state index in [2.05, 4.69) is 52.2 Å². The summed E-state index contributed by atoms with van der Waals surface area (Å²) in [5.74, 6) is 0.941. The number of rotatable bonds is 9. The average Bonchev–Trinajstić information content (AvgIpc) is 2.91. The van der Waals surface area contributed by atoms with E-state index < -0.39 is 5.92 Å². The van der Waals surface area contributed by atoms with E-state index in [0.29, 0.717) is 54.0 Å². The van der Waals surface area contributed by atoms with Gasteiger partial charge in [0.1, 0.15) is 6.61 Å².